The minimum Gasteiger partial charge on any atom is -0.354 e. The summed E-state index contributed by atoms with van der Waals surface area (Å²) in [6, 6.07) is 21.1. The first-order chi connectivity index (χ1) is 19.1. The van der Waals surface area contributed by atoms with Gasteiger partial charge in [0.1, 0.15) is 0 Å². The van der Waals surface area contributed by atoms with E-state index in [0.29, 0.717) is 39.2 Å². The second-order valence-electron chi connectivity index (χ2n) is 8.93. The first-order valence-corrected chi connectivity index (χ1v) is 16.2. The van der Waals surface area contributed by atoms with Gasteiger partial charge < -0.3 is 25.4 Å². The summed E-state index contributed by atoms with van der Waals surface area (Å²) in [5, 5.41) is 6.58. The highest BCUT2D eigenvalue weighted by atomic mass is 32.2. The number of hydrogen-bond acceptors (Lipinski definition) is 8. The van der Waals surface area contributed by atoms with Gasteiger partial charge in [0.15, 0.2) is 0 Å². The zero-order valence-electron chi connectivity index (χ0n) is 22.6. The topological polar surface area (TPSA) is 140 Å². The van der Waals surface area contributed by atoms with Gasteiger partial charge in [-0.05, 0) is 61.9 Å². The molecule has 1 amide bonds. The number of anilines is 3. The fourth-order valence-electron chi connectivity index (χ4n) is 4.44. The van der Waals surface area contributed by atoms with Crippen LogP contribution in [0.1, 0.15) is 25.0 Å². The van der Waals surface area contributed by atoms with Gasteiger partial charge in [-0.15, -0.1) is 0 Å². The number of hydrogen-bond donors (Lipinski definition) is 3. The monoisotopic (exact) mass is 584 g/mol. The van der Waals surface area contributed by atoms with Crippen LogP contribution in [-0.4, -0.2) is 46.9 Å². The van der Waals surface area contributed by atoms with Crippen LogP contribution in [0.15, 0.2) is 72.8 Å². The second-order valence-corrected chi connectivity index (χ2v) is 12.9. The molecule has 10 nitrogen and oxygen atoms in total. The van der Waals surface area contributed by atoms with Crippen LogP contribution in [0.25, 0.3) is 11.3 Å². The van der Waals surface area contributed by atoms with Gasteiger partial charge in [-0.2, -0.15) is 0 Å². The summed E-state index contributed by atoms with van der Waals surface area (Å²) < 4.78 is 50.3. The van der Waals surface area contributed by atoms with Gasteiger partial charge in [0.2, 0.25) is 10.0 Å². The molecule has 0 radical (unpaired) electrons. The number of nitrogens with one attached hydrogen (secondary N) is 2. The van der Waals surface area contributed by atoms with E-state index in [2.05, 4.69) is 10.6 Å². The molecule has 0 saturated carbocycles. The Morgan fingerprint density at radius 1 is 1.00 bits per heavy atom. The van der Waals surface area contributed by atoms with Crippen molar-refractivity contribution in [2.75, 3.05) is 47.5 Å². The molecular formula is C28H33N4O6PS. The van der Waals surface area contributed by atoms with Crippen molar-refractivity contribution in [3.8, 4) is 0 Å². The van der Waals surface area contributed by atoms with E-state index < -0.39 is 17.6 Å². The van der Waals surface area contributed by atoms with Crippen LogP contribution in [0.5, 0.6) is 0 Å². The molecule has 0 atom stereocenters. The van der Waals surface area contributed by atoms with Gasteiger partial charge in [-0.1, -0.05) is 30.3 Å². The van der Waals surface area contributed by atoms with Gasteiger partial charge in [-0.25, -0.2) is 8.42 Å². The van der Waals surface area contributed by atoms with E-state index in [4.69, 9.17) is 14.8 Å². The standard InChI is InChI=1S/C28H33N4O6PS/c1-4-37-39(34,38-5-2)23-15-16-25-24(19-23)26(28(33)31-25)27(20-9-7-6-8-10-20)30-21-11-13-22(14-12-21)32(18-17-29)40(3,35)36/h6-16,19,30H,4-5,17-18,29H2,1-3H3,(H,31,33)/b27-26-. The average molecular weight is 585 g/mol. The number of rotatable bonds is 12. The Morgan fingerprint density at radius 3 is 2.23 bits per heavy atom. The fourth-order valence-corrected chi connectivity index (χ4v) is 6.98. The number of sulfonamides is 1. The Bertz CT molecular complexity index is 1550. The molecule has 0 unspecified atom stereocenters. The van der Waals surface area contributed by atoms with E-state index in [1.807, 2.05) is 30.3 Å². The first-order valence-electron chi connectivity index (χ1n) is 12.8. The van der Waals surface area contributed by atoms with Crippen LogP contribution < -0.4 is 26.0 Å². The molecule has 0 bridgehead atoms. The van der Waals surface area contributed by atoms with Crippen molar-refractivity contribution in [1.29, 1.82) is 0 Å². The predicted molar refractivity (Wildman–Crippen MR) is 160 cm³/mol. The Balaban J connectivity index is 1.82. The van der Waals surface area contributed by atoms with E-state index in [9.17, 15) is 17.8 Å². The lowest BCUT2D eigenvalue weighted by Crippen LogP contribution is -2.34. The van der Waals surface area contributed by atoms with Crippen LogP contribution in [0, 0.1) is 0 Å². The van der Waals surface area contributed by atoms with Gasteiger partial charge in [0, 0.05) is 30.0 Å². The lowest BCUT2D eigenvalue weighted by molar-refractivity contribution is -0.110. The van der Waals surface area contributed by atoms with Crippen molar-refractivity contribution in [1.82, 2.24) is 0 Å². The molecule has 0 spiro atoms. The molecule has 1 aliphatic heterocycles. The Labute approximate surface area is 234 Å². The first kappa shape index (κ1) is 29.5. The molecule has 0 saturated heterocycles. The molecule has 4 N–H and O–H groups in total. The highest BCUT2D eigenvalue weighted by Gasteiger charge is 2.33. The zero-order chi connectivity index (χ0) is 28.9. The minimum absolute atomic E-state index is 0.150. The molecular weight excluding hydrogens is 551 g/mol. The maximum Gasteiger partial charge on any atom is 0.361 e. The normalized spacial score (nSPS) is 14.4. The highest BCUT2D eigenvalue weighted by Crippen LogP contribution is 2.48. The zero-order valence-corrected chi connectivity index (χ0v) is 24.3. The van der Waals surface area contributed by atoms with Gasteiger partial charge in [0.05, 0.1) is 41.7 Å². The molecule has 40 heavy (non-hydrogen) atoms. The van der Waals surface area contributed by atoms with Crippen molar-refractivity contribution >= 4 is 57.2 Å². The van der Waals surface area contributed by atoms with Crippen molar-refractivity contribution < 1.29 is 26.8 Å². The number of benzene rings is 3. The molecule has 3 aromatic rings. The summed E-state index contributed by atoms with van der Waals surface area (Å²) in [4.78, 5) is 13.3. The van der Waals surface area contributed by atoms with Crippen LogP contribution in [0.4, 0.5) is 17.1 Å². The number of nitrogens with two attached hydrogens (primary N) is 1. The van der Waals surface area contributed by atoms with Crippen molar-refractivity contribution in [2.45, 2.75) is 13.8 Å². The third kappa shape index (κ3) is 6.29. The van der Waals surface area contributed by atoms with Crippen LogP contribution in [0.3, 0.4) is 0 Å². The highest BCUT2D eigenvalue weighted by molar-refractivity contribution is 7.92. The van der Waals surface area contributed by atoms with Crippen LogP contribution in [0.2, 0.25) is 0 Å². The van der Waals surface area contributed by atoms with E-state index >= 15 is 0 Å². The Morgan fingerprint density at radius 2 is 1.65 bits per heavy atom. The molecule has 0 fully saturated rings. The number of fused-ring (bicyclic) bond motifs is 1. The molecule has 12 heteroatoms. The van der Waals surface area contributed by atoms with Crippen molar-refractivity contribution in [2.24, 2.45) is 5.73 Å². The van der Waals surface area contributed by atoms with Gasteiger partial charge in [0.25, 0.3) is 5.91 Å². The minimum atomic E-state index is -3.60. The lowest BCUT2D eigenvalue weighted by atomic mass is 10.00. The summed E-state index contributed by atoms with van der Waals surface area (Å²) in [5.74, 6) is -0.330. The largest absolute Gasteiger partial charge is 0.361 e. The van der Waals surface area contributed by atoms with E-state index in [1.54, 1.807) is 56.3 Å². The number of nitrogens with zero attached hydrogens (tertiary/aromatic N) is 1. The van der Waals surface area contributed by atoms with E-state index in [-0.39, 0.29) is 32.2 Å². The molecule has 1 aliphatic rings. The quantitative estimate of drug-likeness (QED) is 0.212. The smallest absolute Gasteiger partial charge is 0.354 e. The maximum absolute atomic E-state index is 13.5. The molecule has 0 aromatic heterocycles. The van der Waals surface area contributed by atoms with E-state index in [0.717, 1.165) is 11.8 Å². The molecule has 4 rings (SSSR count). The Kier molecular flexibility index (Phi) is 9.12. The number of carbonyl (C=O) groups is 1. The summed E-state index contributed by atoms with van der Waals surface area (Å²) in [6.07, 6.45) is 1.13. The predicted octanol–water partition coefficient (Wildman–Crippen LogP) is 4.24. The summed E-state index contributed by atoms with van der Waals surface area (Å²) in [7, 11) is -7.11. The summed E-state index contributed by atoms with van der Waals surface area (Å²) in [5.41, 5.74) is 9.46. The number of amides is 1. The fraction of sp³-hybridized carbons (Fsp3) is 0.250. The third-order valence-electron chi connectivity index (χ3n) is 6.13. The maximum atomic E-state index is 13.5. The van der Waals surface area contributed by atoms with Crippen LogP contribution in [-0.2, 0) is 28.4 Å². The number of carbonyl (C=O) groups excluding carboxylic acids is 1. The second kappa shape index (κ2) is 12.4. The molecule has 1 heterocycles. The summed E-state index contributed by atoms with van der Waals surface area (Å²) >= 11 is 0. The SMILES string of the molecule is CCOP(=O)(OCC)c1ccc2c(c1)/C(=C(/Nc1ccc(N(CCN)S(C)(=O)=O)cc1)c1ccccc1)C(=O)N2. The molecule has 3 aromatic carbocycles. The van der Waals surface area contributed by atoms with Gasteiger partial charge in [-0.3, -0.25) is 13.7 Å². The van der Waals surface area contributed by atoms with Crippen molar-refractivity contribution in [3.63, 3.8) is 0 Å². The Hall–Kier alpha value is -3.47. The third-order valence-corrected chi connectivity index (χ3v) is 9.43. The molecule has 212 valence electrons. The van der Waals surface area contributed by atoms with Gasteiger partial charge >= 0.3 is 7.60 Å². The average Bonchev–Trinajstić information content (AvgIpc) is 3.25. The lowest BCUT2D eigenvalue weighted by Gasteiger charge is -2.22. The van der Waals surface area contributed by atoms with Crippen molar-refractivity contribution in [3.05, 3.63) is 83.9 Å². The van der Waals surface area contributed by atoms with E-state index in [1.165, 1.54) is 4.31 Å². The van der Waals surface area contributed by atoms with Crippen LogP contribution >= 0.6 is 7.60 Å². The molecule has 0 aliphatic carbocycles. The summed E-state index contributed by atoms with van der Waals surface area (Å²) in [6.45, 7) is 4.20.